The maximum absolute atomic E-state index is 11.0. The van der Waals surface area contributed by atoms with Crippen LogP contribution in [0.5, 0.6) is 0 Å². The van der Waals surface area contributed by atoms with Gasteiger partial charge in [0.2, 0.25) is 0 Å². The average molecular weight is 212 g/mol. The molecule has 0 fully saturated rings. The highest BCUT2D eigenvalue weighted by molar-refractivity contribution is 5.84. The van der Waals surface area contributed by atoms with Gasteiger partial charge in [-0.15, -0.1) is 0 Å². The van der Waals surface area contributed by atoms with Gasteiger partial charge >= 0.3 is 11.9 Å². The Kier molecular flexibility index (Phi) is 8.05. The van der Waals surface area contributed by atoms with Crippen LogP contribution in [-0.2, 0) is 19.1 Å². The van der Waals surface area contributed by atoms with Crippen LogP contribution in [0.15, 0.2) is 24.3 Å². The minimum atomic E-state index is -0.459. The van der Waals surface area contributed by atoms with Crippen molar-refractivity contribution in [2.45, 2.75) is 19.8 Å². The molecule has 0 aromatic rings. The van der Waals surface area contributed by atoms with E-state index in [0.717, 1.165) is 12.8 Å². The maximum Gasteiger partial charge on any atom is 0.330 e. The molecule has 0 aromatic heterocycles. The van der Waals surface area contributed by atoms with Gasteiger partial charge in [0.25, 0.3) is 0 Å². The van der Waals surface area contributed by atoms with E-state index < -0.39 is 11.9 Å². The summed E-state index contributed by atoms with van der Waals surface area (Å²) in [6, 6.07) is 0. The SMILES string of the molecule is CCCCOC(=O)/C=C/C=C/C(=O)OC. The van der Waals surface area contributed by atoms with Gasteiger partial charge in [0.1, 0.15) is 0 Å². The molecule has 84 valence electrons. The zero-order chi connectivity index (χ0) is 11.5. The summed E-state index contributed by atoms with van der Waals surface area (Å²) in [4.78, 5) is 21.6. The van der Waals surface area contributed by atoms with Gasteiger partial charge < -0.3 is 9.47 Å². The predicted octanol–water partition coefficient (Wildman–Crippen LogP) is 1.62. The summed E-state index contributed by atoms with van der Waals surface area (Å²) in [7, 11) is 1.29. The Labute approximate surface area is 89.6 Å². The van der Waals surface area contributed by atoms with E-state index in [1.165, 1.54) is 31.4 Å². The lowest BCUT2D eigenvalue weighted by atomic mass is 10.4. The van der Waals surface area contributed by atoms with Crippen LogP contribution in [0.2, 0.25) is 0 Å². The van der Waals surface area contributed by atoms with Crippen molar-refractivity contribution >= 4 is 11.9 Å². The monoisotopic (exact) mass is 212 g/mol. The van der Waals surface area contributed by atoms with E-state index in [0.29, 0.717) is 6.61 Å². The van der Waals surface area contributed by atoms with Gasteiger partial charge in [0.05, 0.1) is 13.7 Å². The van der Waals surface area contributed by atoms with Gasteiger partial charge in [0.15, 0.2) is 0 Å². The van der Waals surface area contributed by atoms with Gasteiger partial charge in [-0.05, 0) is 6.42 Å². The van der Waals surface area contributed by atoms with Crippen molar-refractivity contribution in [3.8, 4) is 0 Å². The maximum atomic E-state index is 11.0. The number of carbonyl (C=O) groups is 2. The molecule has 4 heteroatoms. The molecule has 4 nitrogen and oxygen atoms in total. The molecule has 0 rings (SSSR count). The normalized spacial score (nSPS) is 10.8. The number of methoxy groups -OCH3 is 1. The summed E-state index contributed by atoms with van der Waals surface area (Å²) in [6.07, 6.45) is 7.18. The highest BCUT2D eigenvalue weighted by Crippen LogP contribution is 1.90. The first-order valence-corrected chi connectivity index (χ1v) is 4.80. The van der Waals surface area contributed by atoms with Crippen LogP contribution in [0.25, 0.3) is 0 Å². The van der Waals surface area contributed by atoms with E-state index in [9.17, 15) is 9.59 Å². The van der Waals surface area contributed by atoms with E-state index in [4.69, 9.17) is 4.74 Å². The number of hydrogen-bond acceptors (Lipinski definition) is 4. The molecular formula is C11H16O4. The molecular weight excluding hydrogens is 196 g/mol. The molecule has 0 aromatic carbocycles. The molecule has 0 N–H and O–H groups in total. The van der Waals surface area contributed by atoms with Gasteiger partial charge in [-0.1, -0.05) is 25.5 Å². The highest BCUT2D eigenvalue weighted by atomic mass is 16.5. The summed E-state index contributed by atoms with van der Waals surface area (Å²) in [5.41, 5.74) is 0. The number of hydrogen-bond donors (Lipinski definition) is 0. The summed E-state index contributed by atoms with van der Waals surface area (Å²) < 4.78 is 9.20. The van der Waals surface area contributed by atoms with Crippen molar-refractivity contribution in [1.82, 2.24) is 0 Å². The summed E-state index contributed by atoms with van der Waals surface area (Å²) in [6.45, 7) is 2.45. The van der Waals surface area contributed by atoms with Crippen molar-refractivity contribution in [1.29, 1.82) is 0 Å². The third kappa shape index (κ3) is 8.74. The second-order valence-electron chi connectivity index (χ2n) is 2.76. The zero-order valence-electron chi connectivity index (χ0n) is 9.06. The van der Waals surface area contributed by atoms with Crippen LogP contribution in [0.4, 0.5) is 0 Å². The third-order valence-electron chi connectivity index (χ3n) is 1.52. The fraction of sp³-hybridized carbons (Fsp3) is 0.455. The second-order valence-corrected chi connectivity index (χ2v) is 2.76. The topological polar surface area (TPSA) is 52.6 Å². The van der Waals surface area contributed by atoms with Crippen molar-refractivity contribution in [3.05, 3.63) is 24.3 Å². The van der Waals surface area contributed by atoms with E-state index in [-0.39, 0.29) is 0 Å². The standard InChI is InChI=1S/C11H16O4/c1-3-4-9-15-11(13)8-6-5-7-10(12)14-2/h5-8H,3-4,9H2,1-2H3/b7-5+,8-6+. The van der Waals surface area contributed by atoms with E-state index >= 15 is 0 Å². The van der Waals surface area contributed by atoms with Crippen LogP contribution >= 0.6 is 0 Å². The Morgan fingerprint density at radius 3 is 2.27 bits per heavy atom. The van der Waals surface area contributed by atoms with Gasteiger partial charge in [0, 0.05) is 12.2 Å². The van der Waals surface area contributed by atoms with Gasteiger partial charge in [-0.3, -0.25) is 0 Å². The number of carbonyl (C=O) groups excluding carboxylic acids is 2. The lowest BCUT2D eigenvalue weighted by molar-refractivity contribution is -0.138. The Morgan fingerprint density at radius 2 is 1.73 bits per heavy atom. The van der Waals surface area contributed by atoms with Gasteiger partial charge in [-0.25, -0.2) is 9.59 Å². The predicted molar refractivity (Wildman–Crippen MR) is 56.2 cm³/mol. The van der Waals surface area contributed by atoms with E-state index in [1.54, 1.807) is 0 Å². The van der Waals surface area contributed by atoms with Crippen molar-refractivity contribution in [2.24, 2.45) is 0 Å². The van der Waals surface area contributed by atoms with Crippen LogP contribution in [0.3, 0.4) is 0 Å². The molecule has 0 heterocycles. The molecule has 0 aliphatic carbocycles. The molecule has 0 amide bonds. The Bertz CT molecular complexity index is 253. The van der Waals surface area contributed by atoms with Gasteiger partial charge in [-0.2, -0.15) is 0 Å². The van der Waals surface area contributed by atoms with Crippen molar-refractivity contribution in [2.75, 3.05) is 13.7 Å². The van der Waals surface area contributed by atoms with Crippen LogP contribution in [-0.4, -0.2) is 25.7 Å². The molecule has 0 aliphatic heterocycles. The van der Waals surface area contributed by atoms with Crippen LogP contribution < -0.4 is 0 Å². The molecule has 0 bridgehead atoms. The fourth-order valence-corrected chi connectivity index (χ4v) is 0.701. The first-order chi connectivity index (χ1) is 7.20. The zero-order valence-corrected chi connectivity index (χ0v) is 9.06. The number of allylic oxidation sites excluding steroid dienone is 2. The first-order valence-electron chi connectivity index (χ1n) is 4.80. The van der Waals surface area contributed by atoms with E-state index in [1.807, 2.05) is 6.92 Å². The summed E-state index contributed by atoms with van der Waals surface area (Å²) >= 11 is 0. The second kappa shape index (κ2) is 8.99. The summed E-state index contributed by atoms with van der Waals surface area (Å²) in [5, 5.41) is 0. The quantitative estimate of drug-likeness (QED) is 0.290. The summed E-state index contributed by atoms with van der Waals surface area (Å²) in [5.74, 6) is -0.864. The molecule has 0 radical (unpaired) electrons. The number of unbranched alkanes of at least 4 members (excludes halogenated alkanes) is 1. The Morgan fingerprint density at radius 1 is 1.13 bits per heavy atom. The molecule has 0 saturated carbocycles. The largest absolute Gasteiger partial charge is 0.466 e. The minimum absolute atomic E-state index is 0.405. The number of esters is 2. The molecule has 15 heavy (non-hydrogen) atoms. The molecule has 0 unspecified atom stereocenters. The molecule has 0 aliphatic rings. The third-order valence-corrected chi connectivity index (χ3v) is 1.52. The van der Waals surface area contributed by atoms with Crippen molar-refractivity contribution in [3.63, 3.8) is 0 Å². The number of ether oxygens (including phenoxy) is 2. The minimum Gasteiger partial charge on any atom is -0.466 e. The van der Waals surface area contributed by atoms with Crippen LogP contribution in [0.1, 0.15) is 19.8 Å². The van der Waals surface area contributed by atoms with E-state index in [2.05, 4.69) is 4.74 Å². The lowest BCUT2D eigenvalue weighted by Crippen LogP contribution is -2.01. The fourth-order valence-electron chi connectivity index (χ4n) is 0.701. The lowest BCUT2D eigenvalue weighted by Gasteiger charge is -1.97. The Hall–Kier alpha value is -1.58. The molecule has 0 spiro atoms. The smallest absolute Gasteiger partial charge is 0.330 e. The molecule has 0 atom stereocenters. The molecule has 0 saturated heterocycles. The van der Waals surface area contributed by atoms with Crippen molar-refractivity contribution < 1.29 is 19.1 Å². The van der Waals surface area contributed by atoms with Crippen LogP contribution in [0, 0.1) is 0 Å². The average Bonchev–Trinajstić information content (AvgIpc) is 2.24. The first kappa shape index (κ1) is 13.4. The highest BCUT2D eigenvalue weighted by Gasteiger charge is 1.94. The Balaban J connectivity index is 3.71. The number of rotatable bonds is 6.